The van der Waals surface area contributed by atoms with E-state index >= 15 is 0 Å². The highest BCUT2D eigenvalue weighted by atomic mass is 32.2. The van der Waals surface area contributed by atoms with Gasteiger partial charge in [0.05, 0.1) is 19.1 Å². The second-order valence-electron chi connectivity index (χ2n) is 5.97. The molecule has 5 nitrogen and oxygen atoms in total. The van der Waals surface area contributed by atoms with Gasteiger partial charge < -0.3 is 10.1 Å². The molecule has 0 unspecified atom stereocenters. The lowest BCUT2D eigenvalue weighted by atomic mass is 10.1. The molecule has 0 saturated heterocycles. The van der Waals surface area contributed by atoms with Crippen LogP contribution in [-0.4, -0.2) is 27.8 Å². The smallest absolute Gasteiger partial charge is 0.229 e. The first-order valence-electron chi connectivity index (χ1n) is 7.75. The van der Waals surface area contributed by atoms with Gasteiger partial charge in [-0.15, -0.1) is 0 Å². The summed E-state index contributed by atoms with van der Waals surface area (Å²) < 4.78 is 30.8. The second kappa shape index (κ2) is 7.57. The van der Waals surface area contributed by atoms with Crippen LogP contribution in [0.1, 0.15) is 18.1 Å². The van der Waals surface area contributed by atoms with E-state index in [1.165, 1.54) is 0 Å². The Morgan fingerprint density at radius 3 is 2.54 bits per heavy atom. The highest BCUT2D eigenvalue weighted by molar-refractivity contribution is 7.92. The molecule has 0 spiro atoms. The summed E-state index contributed by atoms with van der Waals surface area (Å²) in [7, 11) is -1.63. The molecule has 2 rings (SSSR count). The number of ether oxygens (including phenoxy) is 1. The number of benzene rings is 2. The van der Waals surface area contributed by atoms with E-state index in [0.717, 1.165) is 35.2 Å². The third-order valence-corrected chi connectivity index (χ3v) is 4.26. The molecule has 0 fully saturated rings. The topological polar surface area (TPSA) is 67.4 Å². The average molecular weight is 348 g/mol. The third kappa shape index (κ3) is 5.16. The Bertz CT molecular complexity index is 804. The summed E-state index contributed by atoms with van der Waals surface area (Å²) in [5.41, 5.74) is 3.46. The molecule has 0 aromatic heterocycles. The molecule has 24 heavy (non-hydrogen) atoms. The molecule has 0 saturated carbocycles. The fourth-order valence-corrected chi connectivity index (χ4v) is 3.18. The number of anilines is 2. The average Bonchev–Trinajstić information content (AvgIpc) is 2.49. The van der Waals surface area contributed by atoms with E-state index in [1.807, 2.05) is 49.4 Å². The normalized spacial score (nSPS) is 12.5. The van der Waals surface area contributed by atoms with Crippen molar-refractivity contribution in [1.29, 1.82) is 0 Å². The number of para-hydroxylation sites is 1. The minimum Gasteiger partial charge on any atom is -0.496 e. The largest absolute Gasteiger partial charge is 0.496 e. The van der Waals surface area contributed by atoms with Crippen LogP contribution in [0.3, 0.4) is 0 Å². The third-order valence-electron chi connectivity index (χ3n) is 3.66. The molecule has 2 aromatic rings. The molecule has 0 heterocycles. The molecule has 0 aliphatic heterocycles. The lowest BCUT2D eigenvalue weighted by Gasteiger charge is -2.18. The van der Waals surface area contributed by atoms with Crippen LogP contribution in [0.5, 0.6) is 5.75 Å². The summed E-state index contributed by atoms with van der Waals surface area (Å²) in [4.78, 5) is 0. The molecular formula is C18H24N2O3S. The Morgan fingerprint density at radius 2 is 1.88 bits per heavy atom. The van der Waals surface area contributed by atoms with Crippen LogP contribution in [0.15, 0.2) is 42.5 Å². The van der Waals surface area contributed by atoms with E-state index < -0.39 is 10.0 Å². The maximum absolute atomic E-state index is 11.5. The predicted molar refractivity (Wildman–Crippen MR) is 99.4 cm³/mol. The summed E-state index contributed by atoms with van der Waals surface area (Å²) in [5, 5.41) is 3.40. The molecular weight excluding hydrogens is 324 g/mol. The van der Waals surface area contributed by atoms with Crippen molar-refractivity contribution in [3.8, 4) is 5.75 Å². The van der Waals surface area contributed by atoms with Crippen LogP contribution in [0.25, 0.3) is 0 Å². The Balaban J connectivity index is 2.11. The minimum absolute atomic E-state index is 0.162. The molecule has 130 valence electrons. The maximum Gasteiger partial charge on any atom is 0.229 e. The first kappa shape index (κ1) is 18.1. The standard InChI is InChI=1S/C18H24N2O3S/c1-13-9-10-16(12-17(13)20-24(4,21)22)19-14(2)11-15-7-5-6-8-18(15)23-3/h5-10,12,14,19-20H,11H2,1-4H3/t14-/m0/s1. The molecule has 6 heteroatoms. The predicted octanol–water partition coefficient (Wildman–Crippen LogP) is 3.42. The molecule has 2 aromatic carbocycles. The van der Waals surface area contributed by atoms with E-state index in [9.17, 15) is 8.42 Å². The van der Waals surface area contributed by atoms with Crippen LogP contribution >= 0.6 is 0 Å². The van der Waals surface area contributed by atoms with E-state index in [-0.39, 0.29) is 6.04 Å². The van der Waals surface area contributed by atoms with Gasteiger partial charge in [-0.05, 0) is 49.6 Å². The number of nitrogens with one attached hydrogen (secondary N) is 2. The molecule has 2 N–H and O–H groups in total. The quantitative estimate of drug-likeness (QED) is 0.804. The highest BCUT2D eigenvalue weighted by Gasteiger charge is 2.10. The summed E-state index contributed by atoms with van der Waals surface area (Å²) in [5.74, 6) is 0.870. The van der Waals surface area contributed by atoms with Gasteiger partial charge in [0.2, 0.25) is 10.0 Å². The molecule has 0 bridgehead atoms. The second-order valence-corrected chi connectivity index (χ2v) is 7.71. The molecule has 0 aliphatic rings. The van der Waals surface area contributed by atoms with Crippen molar-refractivity contribution < 1.29 is 13.2 Å². The first-order chi connectivity index (χ1) is 11.3. The van der Waals surface area contributed by atoms with Gasteiger partial charge >= 0.3 is 0 Å². The van der Waals surface area contributed by atoms with Crippen LogP contribution in [0.4, 0.5) is 11.4 Å². The molecule has 0 radical (unpaired) electrons. The first-order valence-corrected chi connectivity index (χ1v) is 9.64. The molecule has 0 amide bonds. The van der Waals surface area contributed by atoms with Gasteiger partial charge in [-0.3, -0.25) is 4.72 Å². The van der Waals surface area contributed by atoms with Gasteiger partial charge in [0, 0.05) is 11.7 Å². The van der Waals surface area contributed by atoms with Crippen LogP contribution < -0.4 is 14.8 Å². The SMILES string of the molecule is COc1ccccc1C[C@H](C)Nc1ccc(C)c(NS(C)(=O)=O)c1. The van der Waals surface area contributed by atoms with Gasteiger partial charge in [-0.1, -0.05) is 24.3 Å². The van der Waals surface area contributed by atoms with E-state index in [1.54, 1.807) is 7.11 Å². The van der Waals surface area contributed by atoms with Crippen LogP contribution in [0.2, 0.25) is 0 Å². The number of hydrogen-bond donors (Lipinski definition) is 2. The number of aryl methyl sites for hydroxylation is 1. The number of rotatable bonds is 7. The van der Waals surface area contributed by atoms with Gasteiger partial charge in [0.25, 0.3) is 0 Å². The van der Waals surface area contributed by atoms with Crippen molar-refractivity contribution in [3.05, 3.63) is 53.6 Å². The van der Waals surface area contributed by atoms with Crippen molar-refractivity contribution in [3.63, 3.8) is 0 Å². The van der Waals surface area contributed by atoms with E-state index in [2.05, 4.69) is 17.0 Å². The van der Waals surface area contributed by atoms with Crippen molar-refractivity contribution in [2.24, 2.45) is 0 Å². The summed E-state index contributed by atoms with van der Waals surface area (Å²) in [6.07, 6.45) is 1.95. The number of sulfonamides is 1. The van der Waals surface area contributed by atoms with Crippen LogP contribution in [0, 0.1) is 6.92 Å². The Morgan fingerprint density at radius 1 is 1.17 bits per heavy atom. The molecule has 1 atom stereocenters. The Labute approximate surface area is 144 Å². The number of methoxy groups -OCH3 is 1. The van der Waals surface area contributed by atoms with Crippen molar-refractivity contribution in [2.45, 2.75) is 26.3 Å². The number of hydrogen-bond acceptors (Lipinski definition) is 4. The maximum atomic E-state index is 11.5. The summed E-state index contributed by atoms with van der Waals surface area (Å²) >= 11 is 0. The summed E-state index contributed by atoms with van der Waals surface area (Å²) in [6, 6.07) is 13.7. The van der Waals surface area contributed by atoms with Crippen LogP contribution in [-0.2, 0) is 16.4 Å². The van der Waals surface area contributed by atoms with Crippen molar-refractivity contribution >= 4 is 21.4 Å². The van der Waals surface area contributed by atoms with Gasteiger partial charge in [0.1, 0.15) is 5.75 Å². The van der Waals surface area contributed by atoms with Gasteiger partial charge in [0.15, 0.2) is 0 Å². The lowest BCUT2D eigenvalue weighted by molar-refractivity contribution is 0.409. The van der Waals surface area contributed by atoms with Crippen molar-refractivity contribution in [2.75, 3.05) is 23.4 Å². The minimum atomic E-state index is -3.30. The monoisotopic (exact) mass is 348 g/mol. The van der Waals surface area contributed by atoms with Gasteiger partial charge in [-0.2, -0.15) is 0 Å². The lowest BCUT2D eigenvalue weighted by Crippen LogP contribution is -2.19. The Hall–Kier alpha value is -2.21. The zero-order valence-corrected chi connectivity index (χ0v) is 15.3. The summed E-state index contributed by atoms with van der Waals surface area (Å²) in [6.45, 7) is 3.95. The van der Waals surface area contributed by atoms with Crippen molar-refractivity contribution in [1.82, 2.24) is 0 Å². The van der Waals surface area contributed by atoms with E-state index in [4.69, 9.17) is 4.74 Å². The zero-order valence-electron chi connectivity index (χ0n) is 14.5. The fraction of sp³-hybridized carbons (Fsp3) is 0.333. The zero-order chi connectivity index (χ0) is 17.7. The molecule has 0 aliphatic carbocycles. The van der Waals surface area contributed by atoms with E-state index in [0.29, 0.717) is 5.69 Å². The Kier molecular flexibility index (Phi) is 5.72. The highest BCUT2D eigenvalue weighted by Crippen LogP contribution is 2.24. The fourth-order valence-electron chi connectivity index (χ4n) is 2.56. The van der Waals surface area contributed by atoms with Gasteiger partial charge in [-0.25, -0.2) is 8.42 Å².